The van der Waals surface area contributed by atoms with Gasteiger partial charge in [-0.2, -0.15) is 0 Å². The number of carbonyl (C=O) groups excluding carboxylic acids is 2. The first-order valence-corrected chi connectivity index (χ1v) is 9.94. The number of imide groups is 1. The van der Waals surface area contributed by atoms with E-state index >= 15 is 0 Å². The lowest BCUT2D eigenvalue weighted by Crippen LogP contribution is -2.40. The van der Waals surface area contributed by atoms with Gasteiger partial charge in [0.1, 0.15) is 11.2 Å². The maximum atomic E-state index is 13.2. The molecule has 0 saturated carbocycles. The number of rotatable bonds is 4. The van der Waals surface area contributed by atoms with Gasteiger partial charge in [-0.15, -0.1) is 0 Å². The fourth-order valence-corrected chi connectivity index (χ4v) is 3.63. The minimum Gasteiger partial charge on any atom is -0.356 e. The van der Waals surface area contributed by atoms with Gasteiger partial charge in [0.25, 0.3) is 5.91 Å². The highest BCUT2D eigenvalue weighted by atomic mass is 16.5. The zero-order valence-electron chi connectivity index (χ0n) is 17.6. The minimum absolute atomic E-state index is 0.0117. The summed E-state index contributed by atoms with van der Waals surface area (Å²) in [6.45, 7) is 8.19. The summed E-state index contributed by atoms with van der Waals surface area (Å²) in [5.74, 6) is 0.290. The minimum atomic E-state index is -1.11. The lowest BCUT2D eigenvalue weighted by Gasteiger charge is -2.24. The monoisotopic (exact) mass is 403 g/mol. The quantitative estimate of drug-likeness (QED) is 0.646. The van der Waals surface area contributed by atoms with E-state index < -0.39 is 11.6 Å². The Bertz CT molecular complexity index is 1080. The summed E-state index contributed by atoms with van der Waals surface area (Å²) in [5, 5.41) is 6.88. The van der Waals surface area contributed by atoms with Crippen LogP contribution in [-0.2, 0) is 22.3 Å². The van der Waals surface area contributed by atoms with Crippen LogP contribution >= 0.6 is 0 Å². The second-order valence-corrected chi connectivity index (χ2v) is 8.82. The van der Waals surface area contributed by atoms with E-state index in [1.165, 1.54) is 10.5 Å². The van der Waals surface area contributed by atoms with Crippen LogP contribution in [-0.4, -0.2) is 22.0 Å². The van der Waals surface area contributed by atoms with Crippen molar-refractivity contribution in [2.45, 2.75) is 45.2 Å². The first kappa shape index (κ1) is 19.9. The third-order valence-corrected chi connectivity index (χ3v) is 5.54. The first-order chi connectivity index (χ1) is 14.2. The molecule has 6 heteroatoms. The fourth-order valence-electron chi connectivity index (χ4n) is 3.63. The Morgan fingerprint density at radius 3 is 2.33 bits per heavy atom. The molecule has 6 nitrogen and oxygen atoms in total. The number of benzene rings is 2. The van der Waals surface area contributed by atoms with Gasteiger partial charge >= 0.3 is 6.03 Å². The molecule has 3 amide bonds. The van der Waals surface area contributed by atoms with Gasteiger partial charge in [0.15, 0.2) is 5.76 Å². The van der Waals surface area contributed by atoms with Crippen LogP contribution in [0.4, 0.5) is 4.79 Å². The van der Waals surface area contributed by atoms with Crippen molar-refractivity contribution in [1.82, 2.24) is 15.4 Å². The molecule has 1 fully saturated rings. The molecule has 0 radical (unpaired) electrons. The van der Waals surface area contributed by atoms with Crippen LogP contribution in [0.2, 0.25) is 0 Å². The number of hydrogen-bond donors (Lipinski definition) is 1. The Hall–Kier alpha value is -3.41. The van der Waals surface area contributed by atoms with E-state index in [1.54, 1.807) is 13.0 Å². The van der Waals surface area contributed by atoms with E-state index in [0.29, 0.717) is 11.5 Å². The number of urea groups is 1. The van der Waals surface area contributed by atoms with E-state index in [2.05, 4.69) is 31.2 Å². The van der Waals surface area contributed by atoms with Crippen molar-refractivity contribution in [3.8, 4) is 11.3 Å². The summed E-state index contributed by atoms with van der Waals surface area (Å²) in [4.78, 5) is 27.0. The van der Waals surface area contributed by atoms with Crippen LogP contribution in [0, 0.1) is 0 Å². The second kappa shape index (κ2) is 7.13. The van der Waals surface area contributed by atoms with Crippen LogP contribution in [0.15, 0.2) is 65.2 Å². The molecular formula is C24H25N3O3. The molecule has 4 rings (SSSR count). The number of aromatic nitrogens is 1. The lowest BCUT2D eigenvalue weighted by atomic mass is 9.84. The maximum absolute atomic E-state index is 13.2. The second-order valence-electron chi connectivity index (χ2n) is 8.82. The molecule has 1 aliphatic rings. The molecule has 154 valence electrons. The van der Waals surface area contributed by atoms with E-state index in [1.807, 2.05) is 54.6 Å². The summed E-state index contributed by atoms with van der Waals surface area (Å²) in [5.41, 5.74) is 2.22. The number of nitrogens with zero attached hydrogens (tertiary/aromatic N) is 2. The Morgan fingerprint density at radius 2 is 1.70 bits per heavy atom. The molecule has 1 unspecified atom stereocenters. The number of carbonyl (C=O) groups is 2. The fraction of sp³-hybridized carbons (Fsp3) is 0.292. The Balaban J connectivity index is 1.55. The molecule has 1 aliphatic heterocycles. The number of hydrogen-bond acceptors (Lipinski definition) is 4. The van der Waals surface area contributed by atoms with Crippen LogP contribution in [0.25, 0.3) is 11.3 Å². The summed E-state index contributed by atoms with van der Waals surface area (Å²) < 4.78 is 5.39. The van der Waals surface area contributed by atoms with Crippen molar-refractivity contribution < 1.29 is 14.1 Å². The zero-order valence-corrected chi connectivity index (χ0v) is 17.6. The average molecular weight is 403 g/mol. The lowest BCUT2D eigenvalue weighted by molar-refractivity contribution is -0.131. The van der Waals surface area contributed by atoms with Gasteiger partial charge in [0, 0.05) is 11.6 Å². The molecule has 0 aliphatic carbocycles. The largest absolute Gasteiger partial charge is 0.356 e. The van der Waals surface area contributed by atoms with E-state index in [4.69, 9.17) is 4.52 Å². The van der Waals surface area contributed by atoms with Crippen molar-refractivity contribution in [3.05, 3.63) is 77.5 Å². The molecule has 1 atom stereocenters. The summed E-state index contributed by atoms with van der Waals surface area (Å²) in [6, 6.07) is 18.7. The van der Waals surface area contributed by atoms with E-state index in [0.717, 1.165) is 11.1 Å². The smallest absolute Gasteiger partial charge is 0.325 e. The van der Waals surface area contributed by atoms with Crippen molar-refractivity contribution >= 4 is 11.9 Å². The highest BCUT2D eigenvalue weighted by Crippen LogP contribution is 2.32. The van der Waals surface area contributed by atoms with Crippen molar-refractivity contribution in [1.29, 1.82) is 0 Å². The van der Waals surface area contributed by atoms with Crippen LogP contribution in [0.1, 0.15) is 44.5 Å². The summed E-state index contributed by atoms with van der Waals surface area (Å²) in [7, 11) is 0. The molecule has 1 saturated heterocycles. The predicted octanol–water partition coefficient (Wildman–Crippen LogP) is 4.61. The Kier molecular flexibility index (Phi) is 4.73. The highest BCUT2D eigenvalue weighted by Gasteiger charge is 2.49. The molecule has 2 aromatic carbocycles. The normalized spacial score (nSPS) is 19.3. The molecule has 30 heavy (non-hydrogen) atoms. The SMILES string of the molecule is CC(C)(C)c1ccc(C2(C)NC(=O)N(Cc3cc(-c4ccccc4)on3)C2=O)cc1. The third kappa shape index (κ3) is 3.49. The molecule has 0 bridgehead atoms. The van der Waals surface area contributed by atoms with Crippen molar-refractivity contribution in [2.75, 3.05) is 0 Å². The first-order valence-electron chi connectivity index (χ1n) is 9.94. The predicted molar refractivity (Wildman–Crippen MR) is 114 cm³/mol. The van der Waals surface area contributed by atoms with Gasteiger partial charge in [-0.25, -0.2) is 4.79 Å². The Labute approximate surface area is 175 Å². The van der Waals surface area contributed by atoms with E-state index in [-0.39, 0.29) is 17.9 Å². The van der Waals surface area contributed by atoms with Crippen LogP contribution in [0.5, 0.6) is 0 Å². The Morgan fingerprint density at radius 1 is 1.03 bits per heavy atom. The molecule has 1 aromatic heterocycles. The molecular weight excluding hydrogens is 378 g/mol. The van der Waals surface area contributed by atoms with Gasteiger partial charge in [-0.1, -0.05) is 80.5 Å². The molecule has 0 spiro atoms. The van der Waals surface area contributed by atoms with Gasteiger partial charge in [-0.3, -0.25) is 9.69 Å². The zero-order chi connectivity index (χ0) is 21.5. The average Bonchev–Trinajstić information content (AvgIpc) is 3.27. The highest BCUT2D eigenvalue weighted by molar-refractivity contribution is 6.07. The van der Waals surface area contributed by atoms with E-state index in [9.17, 15) is 9.59 Å². The van der Waals surface area contributed by atoms with Gasteiger partial charge < -0.3 is 9.84 Å². The van der Waals surface area contributed by atoms with Crippen molar-refractivity contribution in [2.24, 2.45) is 0 Å². The van der Waals surface area contributed by atoms with Gasteiger partial charge in [-0.05, 0) is 23.5 Å². The standard InChI is InChI=1S/C24H25N3O3/c1-23(2,3)17-10-12-18(13-11-17)24(4)21(28)27(22(29)25-24)15-19-14-20(30-26-19)16-8-6-5-7-9-16/h5-14H,15H2,1-4H3,(H,25,29). The molecule has 3 aromatic rings. The third-order valence-electron chi connectivity index (χ3n) is 5.54. The van der Waals surface area contributed by atoms with Crippen molar-refractivity contribution in [3.63, 3.8) is 0 Å². The van der Waals surface area contributed by atoms with Crippen LogP contribution in [0.3, 0.4) is 0 Å². The molecule has 2 heterocycles. The summed E-state index contributed by atoms with van der Waals surface area (Å²) >= 11 is 0. The van der Waals surface area contributed by atoms with Crippen LogP contribution < -0.4 is 5.32 Å². The number of amides is 3. The summed E-state index contributed by atoms with van der Waals surface area (Å²) in [6.07, 6.45) is 0. The maximum Gasteiger partial charge on any atom is 0.325 e. The number of nitrogens with one attached hydrogen (secondary N) is 1. The van der Waals surface area contributed by atoms with Gasteiger partial charge in [0.2, 0.25) is 0 Å². The van der Waals surface area contributed by atoms with Gasteiger partial charge in [0.05, 0.1) is 6.54 Å². The topological polar surface area (TPSA) is 75.4 Å². The molecule has 1 N–H and O–H groups in total.